The lowest BCUT2D eigenvalue weighted by Gasteiger charge is -2.05. The summed E-state index contributed by atoms with van der Waals surface area (Å²) in [6.07, 6.45) is 0.397. The van der Waals surface area contributed by atoms with E-state index in [-0.39, 0.29) is 11.7 Å². The molecule has 1 aromatic rings. The van der Waals surface area contributed by atoms with Crippen LogP contribution in [0.3, 0.4) is 0 Å². The standard InChI is InChI=1S/C12H17FN2O2/c1-2-15-12(17)5-6-14-8-9-3-4-11(16)10(13)7-9/h3-4,7,14,16H,2,5-6,8H2,1H3,(H,15,17). The van der Waals surface area contributed by atoms with E-state index < -0.39 is 5.82 Å². The van der Waals surface area contributed by atoms with Gasteiger partial charge in [0.1, 0.15) is 0 Å². The monoisotopic (exact) mass is 240 g/mol. The third kappa shape index (κ3) is 4.82. The number of rotatable bonds is 6. The van der Waals surface area contributed by atoms with Gasteiger partial charge in [-0.1, -0.05) is 6.07 Å². The molecule has 1 amide bonds. The molecule has 0 aromatic heterocycles. The Hall–Kier alpha value is -1.62. The maximum atomic E-state index is 13.0. The number of nitrogens with one attached hydrogen (secondary N) is 2. The van der Waals surface area contributed by atoms with Crippen molar-refractivity contribution in [3.63, 3.8) is 0 Å². The molecule has 5 heteroatoms. The van der Waals surface area contributed by atoms with Crippen molar-refractivity contribution in [3.8, 4) is 5.75 Å². The molecule has 0 aliphatic rings. The van der Waals surface area contributed by atoms with Crippen molar-refractivity contribution >= 4 is 5.91 Å². The number of aromatic hydroxyl groups is 1. The van der Waals surface area contributed by atoms with Gasteiger partial charge in [-0.3, -0.25) is 4.79 Å². The first-order chi connectivity index (χ1) is 8.13. The van der Waals surface area contributed by atoms with Crippen LogP contribution >= 0.6 is 0 Å². The van der Waals surface area contributed by atoms with Crippen LogP contribution in [0.2, 0.25) is 0 Å². The van der Waals surface area contributed by atoms with Crippen LogP contribution in [0.25, 0.3) is 0 Å². The Morgan fingerprint density at radius 1 is 1.47 bits per heavy atom. The van der Waals surface area contributed by atoms with E-state index in [0.717, 1.165) is 5.56 Å². The molecule has 3 N–H and O–H groups in total. The molecular formula is C12H17FN2O2. The van der Waals surface area contributed by atoms with Gasteiger partial charge >= 0.3 is 0 Å². The van der Waals surface area contributed by atoms with Crippen LogP contribution in [-0.4, -0.2) is 24.1 Å². The van der Waals surface area contributed by atoms with Crippen molar-refractivity contribution in [1.29, 1.82) is 0 Å². The van der Waals surface area contributed by atoms with Gasteiger partial charge in [0.2, 0.25) is 5.91 Å². The predicted molar refractivity (Wildman–Crippen MR) is 63.1 cm³/mol. The van der Waals surface area contributed by atoms with Crippen LogP contribution in [-0.2, 0) is 11.3 Å². The minimum absolute atomic E-state index is 0.00288. The van der Waals surface area contributed by atoms with E-state index in [1.54, 1.807) is 6.07 Å². The second-order valence-corrected chi connectivity index (χ2v) is 3.67. The van der Waals surface area contributed by atoms with Crippen molar-refractivity contribution in [1.82, 2.24) is 10.6 Å². The Bertz CT molecular complexity index is 383. The van der Waals surface area contributed by atoms with E-state index in [4.69, 9.17) is 5.11 Å². The Morgan fingerprint density at radius 2 is 2.24 bits per heavy atom. The number of phenolic OH excluding ortho intramolecular Hbond substituents is 1. The average molecular weight is 240 g/mol. The molecule has 1 aromatic carbocycles. The highest BCUT2D eigenvalue weighted by molar-refractivity contribution is 5.75. The summed E-state index contributed by atoms with van der Waals surface area (Å²) in [6, 6.07) is 4.22. The summed E-state index contributed by atoms with van der Waals surface area (Å²) in [5, 5.41) is 14.7. The van der Waals surface area contributed by atoms with Gasteiger partial charge in [0.05, 0.1) is 0 Å². The highest BCUT2D eigenvalue weighted by Crippen LogP contribution is 2.15. The van der Waals surface area contributed by atoms with Crippen LogP contribution in [0.4, 0.5) is 4.39 Å². The maximum absolute atomic E-state index is 13.0. The SMILES string of the molecule is CCNC(=O)CCNCc1ccc(O)c(F)c1. The van der Waals surface area contributed by atoms with E-state index in [9.17, 15) is 9.18 Å². The molecule has 0 spiro atoms. The largest absolute Gasteiger partial charge is 0.505 e. The number of phenols is 1. The van der Waals surface area contributed by atoms with Crippen LogP contribution in [0.5, 0.6) is 5.75 Å². The Morgan fingerprint density at radius 3 is 2.88 bits per heavy atom. The third-order valence-electron chi connectivity index (χ3n) is 2.24. The van der Waals surface area contributed by atoms with Crippen molar-refractivity contribution in [3.05, 3.63) is 29.6 Å². The molecule has 0 radical (unpaired) electrons. The molecule has 0 aliphatic carbocycles. The number of hydrogen-bond acceptors (Lipinski definition) is 3. The summed E-state index contributed by atoms with van der Waals surface area (Å²) in [5.41, 5.74) is 0.733. The lowest BCUT2D eigenvalue weighted by molar-refractivity contribution is -0.120. The fourth-order valence-electron chi connectivity index (χ4n) is 1.38. The van der Waals surface area contributed by atoms with Gasteiger partial charge < -0.3 is 15.7 Å². The summed E-state index contributed by atoms with van der Waals surface area (Å²) < 4.78 is 13.0. The normalized spacial score (nSPS) is 10.2. The number of hydrogen-bond donors (Lipinski definition) is 3. The molecule has 94 valence electrons. The number of carbonyl (C=O) groups excluding carboxylic acids is 1. The third-order valence-corrected chi connectivity index (χ3v) is 2.24. The number of benzene rings is 1. The first kappa shape index (κ1) is 13.4. The molecule has 0 bridgehead atoms. The minimum Gasteiger partial charge on any atom is -0.505 e. The lowest BCUT2D eigenvalue weighted by atomic mass is 10.2. The molecule has 0 aliphatic heterocycles. The highest BCUT2D eigenvalue weighted by Gasteiger charge is 2.02. The van der Waals surface area contributed by atoms with Crippen LogP contribution in [0, 0.1) is 5.82 Å². The quantitative estimate of drug-likeness (QED) is 0.654. The molecule has 0 atom stereocenters. The smallest absolute Gasteiger partial charge is 0.221 e. The first-order valence-corrected chi connectivity index (χ1v) is 5.58. The van der Waals surface area contributed by atoms with Gasteiger partial charge in [0, 0.05) is 26.1 Å². The first-order valence-electron chi connectivity index (χ1n) is 5.58. The topological polar surface area (TPSA) is 61.4 Å². The molecular weight excluding hydrogens is 223 g/mol. The summed E-state index contributed by atoms with van der Waals surface area (Å²) in [5.74, 6) is -0.985. The molecule has 0 saturated heterocycles. The summed E-state index contributed by atoms with van der Waals surface area (Å²) in [6.45, 7) is 3.50. The van der Waals surface area contributed by atoms with Gasteiger partial charge in [0.15, 0.2) is 11.6 Å². The van der Waals surface area contributed by atoms with E-state index in [1.165, 1.54) is 12.1 Å². The zero-order valence-corrected chi connectivity index (χ0v) is 9.79. The van der Waals surface area contributed by atoms with Gasteiger partial charge in [-0.15, -0.1) is 0 Å². The van der Waals surface area contributed by atoms with E-state index in [2.05, 4.69) is 10.6 Å². The Labute approximate surface area is 99.8 Å². The molecule has 17 heavy (non-hydrogen) atoms. The van der Waals surface area contributed by atoms with E-state index >= 15 is 0 Å². The van der Waals surface area contributed by atoms with Gasteiger partial charge in [0.25, 0.3) is 0 Å². The van der Waals surface area contributed by atoms with Crippen molar-refractivity contribution in [2.24, 2.45) is 0 Å². The van der Waals surface area contributed by atoms with Crippen molar-refractivity contribution < 1.29 is 14.3 Å². The van der Waals surface area contributed by atoms with Crippen molar-refractivity contribution in [2.75, 3.05) is 13.1 Å². The molecule has 4 nitrogen and oxygen atoms in total. The fraction of sp³-hybridized carbons (Fsp3) is 0.417. The molecule has 1 rings (SSSR count). The molecule has 0 saturated carbocycles. The predicted octanol–water partition coefficient (Wildman–Crippen LogP) is 1.15. The number of carbonyl (C=O) groups is 1. The van der Waals surface area contributed by atoms with Gasteiger partial charge in [-0.25, -0.2) is 4.39 Å². The van der Waals surface area contributed by atoms with Gasteiger partial charge in [-0.2, -0.15) is 0 Å². The summed E-state index contributed by atoms with van der Waals surface area (Å²) in [7, 11) is 0. The maximum Gasteiger partial charge on any atom is 0.221 e. The molecule has 0 fully saturated rings. The lowest BCUT2D eigenvalue weighted by Crippen LogP contribution is -2.27. The summed E-state index contributed by atoms with van der Waals surface area (Å²) in [4.78, 5) is 11.1. The summed E-state index contributed by atoms with van der Waals surface area (Å²) >= 11 is 0. The average Bonchev–Trinajstić information content (AvgIpc) is 2.29. The second kappa shape index (κ2) is 6.85. The number of amides is 1. The van der Waals surface area contributed by atoms with Gasteiger partial charge in [-0.05, 0) is 24.6 Å². The Kier molecular flexibility index (Phi) is 5.42. The zero-order chi connectivity index (χ0) is 12.7. The minimum atomic E-state index is -0.631. The molecule has 0 heterocycles. The van der Waals surface area contributed by atoms with Crippen LogP contribution in [0.15, 0.2) is 18.2 Å². The molecule has 0 unspecified atom stereocenters. The highest BCUT2D eigenvalue weighted by atomic mass is 19.1. The fourth-order valence-corrected chi connectivity index (χ4v) is 1.38. The zero-order valence-electron chi connectivity index (χ0n) is 9.79. The number of halogens is 1. The van der Waals surface area contributed by atoms with E-state index in [1.807, 2.05) is 6.92 Å². The van der Waals surface area contributed by atoms with E-state index in [0.29, 0.717) is 26.1 Å². The van der Waals surface area contributed by atoms with Crippen molar-refractivity contribution in [2.45, 2.75) is 19.9 Å². The van der Waals surface area contributed by atoms with Crippen LogP contribution in [0.1, 0.15) is 18.9 Å². The Balaban J connectivity index is 2.26. The van der Waals surface area contributed by atoms with Crippen LogP contribution < -0.4 is 10.6 Å². The second-order valence-electron chi connectivity index (χ2n) is 3.67.